The third-order valence-electron chi connectivity index (χ3n) is 4.87. The lowest BCUT2D eigenvalue weighted by Crippen LogP contribution is -2.35. The van der Waals surface area contributed by atoms with Crippen molar-refractivity contribution in [2.24, 2.45) is 0 Å². The van der Waals surface area contributed by atoms with Gasteiger partial charge in [0.2, 0.25) is 5.43 Å². The zero-order chi connectivity index (χ0) is 22.5. The molecule has 0 unspecified atom stereocenters. The molecule has 0 atom stereocenters. The number of aliphatic carboxylic acids is 1. The number of carbonyl (C=O) groups is 1. The third kappa shape index (κ3) is 3.23. The van der Waals surface area contributed by atoms with E-state index in [9.17, 15) is 23.1 Å². The number of anilines is 1. The van der Waals surface area contributed by atoms with Gasteiger partial charge in [0.15, 0.2) is 0 Å². The number of carboxylic acid groups (broad SMARTS) is 1. The Morgan fingerprint density at radius 3 is 2.52 bits per heavy atom. The number of aliphatic hydroxyl groups is 1. The first-order chi connectivity index (χ1) is 14.6. The SMILES string of the molecule is N=c1c2c(c3nc4c(=O)cccc4c4ccnc1c34)NCCC=2O.O=C(O)C(F)(F)F. The summed E-state index contributed by atoms with van der Waals surface area (Å²) in [7, 11) is 0. The van der Waals surface area contributed by atoms with E-state index in [2.05, 4.69) is 15.3 Å². The van der Waals surface area contributed by atoms with Crippen molar-refractivity contribution in [2.45, 2.75) is 12.6 Å². The van der Waals surface area contributed by atoms with Gasteiger partial charge in [0.05, 0.1) is 27.3 Å². The quantitative estimate of drug-likeness (QED) is 0.248. The first-order valence-electron chi connectivity index (χ1n) is 8.92. The van der Waals surface area contributed by atoms with Crippen molar-refractivity contribution in [3.8, 4) is 0 Å². The minimum atomic E-state index is -5.08. The van der Waals surface area contributed by atoms with Crippen LogP contribution in [0.1, 0.15) is 6.42 Å². The van der Waals surface area contributed by atoms with Crippen LogP contribution in [0.4, 0.5) is 18.9 Å². The molecule has 1 aliphatic heterocycles. The molecule has 4 N–H and O–H groups in total. The van der Waals surface area contributed by atoms with Crippen molar-refractivity contribution in [3.05, 3.63) is 51.3 Å². The van der Waals surface area contributed by atoms with E-state index < -0.39 is 12.1 Å². The minimum Gasteiger partial charge on any atom is -0.511 e. The second-order valence-corrected chi connectivity index (χ2v) is 6.75. The topological polar surface area (TPSA) is 136 Å². The highest BCUT2D eigenvalue weighted by atomic mass is 19.4. The highest BCUT2D eigenvalue weighted by Crippen LogP contribution is 2.31. The van der Waals surface area contributed by atoms with Crippen LogP contribution in [0.3, 0.4) is 0 Å². The number of hydrogen-bond acceptors (Lipinski definition) is 7. The van der Waals surface area contributed by atoms with Gasteiger partial charge in [-0.2, -0.15) is 13.2 Å². The van der Waals surface area contributed by atoms with E-state index in [4.69, 9.17) is 15.3 Å². The van der Waals surface area contributed by atoms with Crippen LogP contribution in [-0.4, -0.2) is 38.9 Å². The van der Waals surface area contributed by atoms with E-state index in [1.165, 1.54) is 6.07 Å². The van der Waals surface area contributed by atoms with E-state index in [0.717, 1.165) is 16.2 Å². The van der Waals surface area contributed by atoms with E-state index in [-0.39, 0.29) is 16.5 Å². The van der Waals surface area contributed by atoms with Crippen molar-refractivity contribution in [1.82, 2.24) is 9.97 Å². The maximum absolute atomic E-state index is 12.3. The fourth-order valence-corrected chi connectivity index (χ4v) is 3.57. The van der Waals surface area contributed by atoms with Crippen molar-refractivity contribution >= 4 is 50.1 Å². The summed E-state index contributed by atoms with van der Waals surface area (Å²) < 4.78 is 31.7. The van der Waals surface area contributed by atoms with Gasteiger partial charge in [-0.1, -0.05) is 12.1 Å². The Morgan fingerprint density at radius 1 is 1.13 bits per heavy atom. The lowest BCUT2D eigenvalue weighted by atomic mass is 9.99. The summed E-state index contributed by atoms with van der Waals surface area (Å²) in [5.41, 5.74) is 1.93. The van der Waals surface area contributed by atoms with E-state index in [1.54, 1.807) is 12.3 Å². The lowest BCUT2D eigenvalue weighted by Gasteiger charge is -2.18. The number of nitrogens with one attached hydrogen (secondary N) is 2. The molecule has 2 aromatic carbocycles. The second kappa shape index (κ2) is 7.04. The zero-order valence-corrected chi connectivity index (χ0v) is 15.5. The van der Waals surface area contributed by atoms with Gasteiger partial charge in [0.25, 0.3) is 0 Å². The number of pyridine rings is 2. The number of benzene rings is 2. The summed E-state index contributed by atoms with van der Waals surface area (Å²) in [5.74, 6) is -2.59. The zero-order valence-electron chi connectivity index (χ0n) is 15.5. The number of alkyl halides is 3. The molecule has 0 radical (unpaired) electrons. The lowest BCUT2D eigenvalue weighted by molar-refractivity contribution is -0.192. The number of carboxylic acids is 1. The summed E-state index contributed by atoms with van der Waals surface area (Å²) >= 11 is 0. The monoisotopic (exact) mass is 430 g/mol. The molecule has 5 rings (SSSR count). The molecule has 0 saturated carbocycles. The van der Waals surface area contributed by atoms with Gasteiger partial charge in [-0.15, -0.1) is 0 Å². The van der Waals surface area contributed by atoms with Crippen molar-refractivity contribution in [2.75, 3.05) is 11.9 Å². The number of halogens is 3. The molecule has 4 aromatic rings. The van der Waals surface area contributed by atoms with Gasteiger partial charge in [-0.3, -0.25) is 15.2 Å². The Balaban J connectivity index is 0.000000289. The Labute approximate surface area is 170 Å². The van der Waals surface area contributed by atoms with Gasteiger partial charge in [-0.25, -0.2) is 9.78 Å². The van der Waals surface area contributed by atoms with Crippen LogP contribution in [0.25, 0.3) is 38.5 Å². The summed E-state index contributed by atoms with van der Waals surface area (Å²) in [6, 6.07) is 6.91. The van der Waals surface area contributed by atoms with Crippen LogP contribution < -0.4 is 21.3 Å². The summed E-state index contributed by atoms with van der Waals surface area (Å²) in [6.45, 7) is 0.563. The first-order valence-corrected chi connectivity index (χ1v) is 8.92. The highest BCUT2D eigenvalue weighted by molar-refractivity contribution is 6.20. The number of rotatable bonds is 0. The van der Waals surface area contributed by atoms with Crippen LogP contribution in [0.15, 0.2) is 35.3 Å². The smallest absolute Gasteiger partial charge is 0.490 e. The molecule has 158 valence electrons. The van der Waals surface area contributed by atoms with Gasteiger partial charge in [0.1, 0.15) is 11.3 Å². The van der Waals surface area contributed by atoms with Gasteiger partial charge >= 0.3 is 12.1 Å². The minimum absolute atomic E-state index is 0.143. The first kappa shape index (κ1) is 20.3. The van der Waals surface area contributed by atoms with Gasteiger partial charge < -0.3 is 15.5 Å². The van der Waals surface area contributed by atoms with Crippen molar-refractivity contribution in [1.29, 1.82) is 5.41 Å². The van der Waals surface area contributed by atoms with E-state index in [0.29, 0.717) is 40.4 Å². The summed E-state index contributed by atoms with van der Waals surface area (Å²) in [6.07, 6.45) is -3.00. The maximum Gasteiger partial charge on any atom is 0.490 e. The largest absolute Gasteiger partial charge is 0.511 e. The number of aliphatic hydroxyl groups excluding tert-OH is 1. The van der Waals surface area contributed by atoms with Crippen LogP contribution >= 0.6 is 0 Å². The summed E-state index contributed by atoms with van der Waals surface area (Å²) in [4.78, 5) is 30.1. The normalized spacial score (nSPS) is 13.6. The molecule has 31 heavy (non-hydrogen) atoms. The van der Waals surface area contributed by atoms with Crippen LogP contribution in [0, 0.1) is 5.41 Å². The molecule has 0 saturated heterocycles. The molecule has 2 aromatic heterocycles. The molecule has 0 fully saturated rings. The van der Waals surface area contributed by atoms with Gasteiger partial charge in [-0.05, 0) is 17.5 Å². The number of para-hydroxylation sites is 1. The number of hydrogen-bond donors (Lipinski definition) is 4. The number of nitrogens with zero attached hydrogens (tertiary/aromatic N) is 2. The molecule has 11 heteroatoms. The number of aromatic nitrogens is 2. The molecule has 0 spiro atoms. The molecule has 0 bridgehead atoms. The van der Waals surface area contributed by atoms with Gasteiger partial charge in [0, 0.05) is 29.9 Å². The Bertz CT molecular complexity index is 1540. The fourth-order valence-electron chi connectivity index (χ4n) is 3.57. The molecule has 3 heterocycles. The van der Waals surface area contributed by atoms with E-state index in [1.807, 2.05) is 12.1 Å². The molecule has 8 nitrogen and oxygen atoms in total. The molecular formula is C20H13F3N4O4. The highest BCUT2D eigenvalue weighted by Gasteiger charge is 2.38. The van der Waals surface area contributed by atoms with Crippen LogP contribution in [0.5, 0.6) is 0 Å². The number of fused-ring (bicyclic) bond motifs is 4. The Morgan fingerprint density at radius 2 is 1.84 bits per heavy atom. The predicted octanol–water partition coefficient (Wildman–Crippen LogP) is 2.05. The van der Waals surface area contributed by atoms with Crippen LogP contribution in [0.2, 0.25) is 0 Å². The van der Waals surface area contributed by atoms with Crippen LogP contribution in [-0.2, 0) is 4.79 Å². The fraction of sp³-hybridized carbons (Fsp3) is 0.150. The van der Waals surface area contributed by atoms with Crippen molar-refractivity contribution in [3.63, 3.8) is 0 Å². The third-order valence-corrected chi connectivity index (χ3v) is 4.87. The Kier molecular flexibility index (Phi) is 4.60. The average Bonchev–Trinajstić information content (AvgIpc) is 2.72. The predicted molar refractivity (Wildman–Crippen MR) is 106 cm³/mol. The molecule has 1 aliphatic rings. The molecular weight excluding hydrogens is 417 g/mol. The van der Waals surface area contributed by atoms with Crippen molar-refractivity contribution < 1.29 is 28.2 Å². The molecule has 0 amide bonds. The standard InChI is InChI=1S/C18H12N4O2.C2HF3O2/c19-14-13-10(23)5-7-21-17(13)18-12-8(4-6-20-16(12)14)9-2-1-3-11(24)15(9)22-18;3-2(4,5)1(6)7/h1-4,6,19,21,23H,5,7H2;(H,6,7). The summed E-state index contributed by atoms with van der Waals surface area (Å²) in [5, 5.41) is 32.1. The average molecular weight is 430 g/mol. The Hall–Kier alpha value is -4.02. The maximum atomic E-state index is 12.3. The second-order valence-electron chi connectivity index (χ2n) is 6.75. The van der Waals surface area contributed by atoms with E-state index >= 15 is 0 Å². The molecule has 0 aliphatic carbocycles.